The van der Waals surface area contributed by atoms with Crippen molar-refractivity contribution in [2.75, 3.05) is 5.75 Å². The molecule has 1 saturated carbocycles. The third-order valence-electron chi connectivity index (χ3n) is 3.03. The monoisotopic (exact) mass is 258 g/mol. The molecule has 2 rings (SSSR count). The lowest BCUT2D eigenvalue weighted by atomic mass is 10.1. The molecular weight excluding hydrogens is 244 g/mol. The maximum absolute atomic E-state index is 11.9. The second-order valence-corrected chi connectivity index (χ2v) is 6.32. The van der Waals surface area contributed by atoms with Crippen molar-refractivity contribution in [3.8, 4) is 0 Å². The number of furan rings is 1. The van der Waals surface area contributed by atoms with E-state index in [1.807, 2.05) is 0 Å². The summed E-state index contributed by atoms with van der Waals surface area (Å²) >= 11 is 0. The third-order valence-corrected chi connectivity index (χ3v) is 4.77. The molecule has 0 aromatic carbocycles. The van der Waals surface area contributed by atoms with Crippen LogP contribution in [0.25, 0.3) is 0 Å². The summed E-state index contributed by atoms with van der Waals surface area (Å²) in [4.78, 5) is 10.6. The van der Waals surface area contributed by atoms with Crippen LogP contribution in [-0.2, 0) is 9.84 Å². The highest BCUT2D eigenvalue weighted by molar-refractivity contribution is 7.91. The minimum absolute atomic E-state index is 0.0551. The fourth-order valence-electron chi connectivity index (χ4n) is 2.17. The highest BCUT2D eigenvalue weighted by atomic mass is 32.2. The molecule has 1 aromatic heterocycles. The van der Waals surface area contributed by atoms with Crippen molar-refractivity contribution in [1.29, 1.82) is 0 Å². The summed E-state index contributed by atoms with van der Waals surface area (Å²) in [5.74, 6) is -1.36. The molecule has 94 valence electrons. The van der Waals surface area contributed by atoms with E-state index in [9.17, 15) is 13.2 Å². The normalized spacial score (nSPS) is 17.4. The van der Waals surface area contributed by atoms with Crippen LogP contribution in [0.5, 0.6) is 0 Å². The summed E-state index contributed by atoms with van der Waals surface area (Å²) in [5.41, 5.74) is 0. The van der Waals surface area contributed by atoms with E-state index >= 15 is 0 Å². The van der Waals surface area contributed by atoms with Gasteiger partial charge in [0.2, 0.25) is 20.7 Å². The largest absolute Gasteiger partial charge is 0.475 e. The van der Waals surface area contributed by atoms with Crippen molar-refractivity contribution in [1.82, 2.24) is 0 Å². The molecule has 1 heterocycles. The molecule has 0 spiro atoms. The summed E-state index contributed by atoms with van der Waals surface area (Å²) < 4.78 is 28.7. The van der Waals surface area contributed by atoms with Gasteiger partial charge in [0.05, 0.1) is 5.75 Å². The Kier molecular flexibility index (Phi) is 3.24. The molecule has 0 radical (unpaired) electrons. The molecule has 1 aromatic rings. The average molecular weight is 258 g/mol. The SMILES string of the molecule is O=C(O)c1ccc(S(=O)(=O)CC2CCCC2)o1. The zero-order chi connectivity index (χ0) is 12.5. The Labute approximate surface area is 99.4 Å². The zero-order valence-corrected chi connectivity index (χ0v) is 10.1. The van der Waals surface area contributed by atoms with Crippen molar-refractivity contribution in [3.05, 3.63) is 17.9 Å². The van der Waals surface area contributed by atoms with Gasteiger partial charge in [0.15, 0.2) is 0 Å². The molecule has 1 aliphatic rings. The Hall–Kier alpha value is -1.30. The second kappa shape index (κ2) is 4.52. The smallest absolute Gasteiger partial charge is 0.371 e. The summed E-state index contributed by atoms with van der Waals surface area (Å²) in [5, 5.41) is 8.43. The average Bonchev–Trinajstić information content (AvgIpc) is 2.84. The molecule has 17 heavy (non-hydrogen) atoms. The predicted molar refractivity (Wildman–Crippen MR) is 59.7 cm³/mol. The van der Waals surface area contributed by atoms with Crippen LogP contribution < -0.4 is 0 Å². The van der Waals surface area contributed by atoms with E-state index in [1.165, 1.54) is 12.1 Å². The number of carboxylic acid groups (broad SMARTS) is 1. The molecule has 0 atom stereocenters. The van der Waals surface area contributed by atoms with Crippen LogP contribution in [-0.4, -0.2) is 25.2 Å². The Morgan fingerprint density at radius 1 is 1.35 bits per heavy atom. The molecule has 0 bridgehead atoms. The van der Waals surface area contributed by atoms with E-state index in [1.54, 1.807) is 0 Å². The minimum atomic E-state index is -3.49. The van der Waals surface area contributed by atoms with Crippen LogP contribution in [0.15, 0.2) is 21.6 Å². The highest BCUT2D eigenvalue weighted by Crippen LogP contribution is 2.28. The van der Waals surface area contributed by atoms with E-state index in [0.29, 0.717) is 0 Å². The van der Waals surface area contributed by atoms with Gasteiger partial charge in [-0.3, -0.25) is 0 Å². The number of hydrogen-bond donors (Lipinski definition) is 1. The molecule has 0 amide bonds. The van der Waals surface area contributed by atoms with Crippen molar-refractivity contribution in [3.63, 3.8) is 0 Å². The number of carboxylic acids is 1. The van der Waals surface area contributed by atoms with Crippen molar-refractivity contribution < 1.29 is 22.7 Å². The van der Waals surface area contributed by atoms with Crippen LogP contribution in [0.1, 0.15) is 36.2 Å². The van der Waals surface area contributed by atoms with Gasteiger partial charge in [-0.1, -0.05) is 12.8 Å². The van der Waals surface area contributed by atoms with Gasteiger partial charge in [-0.25, -0.2) is 13.2 Å². The lowest BCUT2D eigenvalue weighted by Crippen LogP contribution is -2.13. The van der Waals surface area contributed by atoms with Crippen molar-refractivity contribution in [2.45, 2.75) is 30.8 Å². The van der Waals surface area contributed by atoms with Gasteiger partial charge in [0.25, 0.3) is 0 Å². The van der Waals surface area contributed by atoms with Crippen LogP contribution in [0.2, 0.25) is 0 Å². The van der Waals surface area contributed by atoms with Gasteiger partial charge in [0, 0.05) is 0 Å². The Balaban J connectivity index is 2.15. The topological polar surface area (TPSA) is 84.6 Å². The fourth-order valence-corrected chi connectivity index (χ4v) is 3.78. The van der Waals surface area contributed by atoms with Crippen LogP contribution >= 0.6 is 0 Å². The first-order valence-electron chi connectivity index (χ1n) is 5.55. The molecule has 1 aliphatic carbocycles. The number of carbonyl (C=O) groups is 1. The summed E-state index contributed by atoms with van der Waals surface area (Å²) in [6.45, 7) is 0. The maximum atomic E-state index is 11.9. The molecule has 1 N–H and O–H groups in total. The first kappa shape index (κ1) is 12.2. The van der Waals surface area contributed by atoms with E-state index < -0.39 is 15.8 Å². The quantitative estimate of drug-likeness (QED) is 0.892. The third kappa shape index (κ3) is 2.69. The Morgan fingerprint density at radius 3 is 2.53 bits per heavy atom. The van der Waals surface area contributed by atoms with Crippen molar-refractivity contribution >= 4 is 15.8 Å². The molecule has 0 unspecified atom stereocenters. The van der Waals surface area contributed by atoms with Crippen LogP contribution in [0.3, 0.4) is 0 Å². The van der Waals surface area contributed by atoms with E-state index in [4.69, 9.17) is 9.52 Å². The van der Waals surface area contributed by atoms with Gasteiger partial charge < -0.3 is 9.52 Å². The van der Waals surface area contributed by atoms with E-state index in [2.05, 4.69) is 0 Å². The summed E-state index contributed by atoms with van der Waals surface area (Å²) in [7, 11) is -3.49. The molecule has 5 nitrogen and oxygen atoms in total. The maximum Gasteiger partial charge on any atom is 0.371 e. The highest BCUT2D eigenvalue weighted by Gasteiger charge is 2.27. The van der Waals surface area contributed by atoms with Gasteiger partial charge in [-0.15, -0.1) is 0 Å². The number of rotatable bonds is 4. The zero-order valence-electron chi connectivity index (χ0n) is 9.26. The van der Waals surface area contributed by atoms with Gasteiger partial charge >= 0.3 is 5.97 Å². The first-order chi connectivity index (χ1) is 7.99. The molecule has 1 fully saturated rings. The Morgan fingerprint density at radius 2 is 2.00 bits per heavy atom. The summed E-state index contributed by atoms with van der Waals surface area (Å²) in [6, 6.07) is 2.39. The predicted octanol–water partition coefficient (Wildman–Crippen LogP) is 1.94. The Bertz CT molecular complexity index is 508. The lowest BCUT2D eigenvalue weighted by molar-refractivity contribution is 0.0656. The number of hydrogen-bond acceptors (Lipinski definition) is 4. The van der Waals surface area contributed by atoms with Crippen LogP contribution in [0, 0.1) is 5.92 Å². The molecular formula is C11H14O5S. The molecule has 0 aliphatic heterocycles. The second-order valence-electron chi connectivity index (χ2n) is 4.36. The molecule has 0 saturated heterocycles. The summed E-state index contributed by atoms with van der Waals surface area (Å²) in [6.07, 6.45) is 3.98. The molecule has 6 heteroatoms. The lowest BCUT2D eigenvalue weighted by Gasteiger charge is -2.07. The van der Waals surface area contributed by atoms with Crippen LogP contribution in [0.4, 0.5) is 0 Å². The first-order valence-corrected chi connectivity index (χ1v) is 7.20. The van der Waals surface area contributed by atoms with E-state index in [0.717, 1.165) is 25.7 Å². The van der Waals surface area contributed by atoms with Gasteiger partial charge in [0.1, 0.15) is 0 Å². The van der Waals surface area contributed by atoms with E-state index in [-0.39, 0.29) is 22.5 Å². The number of sulfone groups is 1. The number of aromatic carboxylic acids is 1. The fraction of sp³-hybridized carbons (Fsp3) is 0.545. The van der Waals surface area contributed by atoms with Crippen molar-refractivity contribution in [2.24, 2.45) is 5.92 Å². The minimum Gasteiger partial charge on any atom is -0.475 e. The standard InChI is InChI=1S/C11H14O5S/c12-11(13)9-5-6-10(16-9)17(14,15)7-8-3-1-2-4-8/h5-6,8H,1-4,7H2,(H,12,13). The van der Waals surface area contributed by atoms with Gasteiger partial charge in [-0.05, 0) is 30.9 Å². The van der Waals surface area contributed by atoms with Gasteiger partial charge in [-0.2, -0.15) is 0 Å².